The number of thiazole rings is 1. The van der Waals surface area contributed by atoms with Gasteiger partial charge in [-0.15, -0.1) is 11.3 Å². The standard InChI is InChI=1S/C11H9Cl2N3O2S/c12-8-5-7(16(17)18)6-9(13)11(8)15-2-1-10-14-3-4-19-10/h3-6,15H,1-2H2. The second kappa shape index (κ2) is 6.18. The SMILES string of the molecule is O=[N+]([O-])c1cc(Cl)c(NCCc2nccs2)c(Cl)c1. The van der Waals surface area contributed by atoms with E-state index in [0.717, 1.165) is 11.4 Å². The molecular formula is C11H9Cl2N3O2S. The van der Waals surface area contributed by atoms with Gasteiger partial charge in [-0.2, -0.15) is 0 Å². The van der Waals surface area contributed by atoms with E-state index in [4.69, 9.17) is 23.2 Å². The number of nitro benzene ring substituents is 1. The zero-order valence-corrected chi connectivity index (χ0v) is 11.9. The van der Waals surface area contributed by atoms with Crippen LogP contribution in [0.2, 0.25) is 10.0 Å². The highest BCUT2D eigenvalue weighted by Gasteiger charge is 2.14. The number of non-ortho nitro benzene ring substituents is 1. The van der Waals surface area contributed by atoms with E-state index in [1.54, 1.807) is 17.5 Å². The quantitative estimate of drug-likeness (QED) is 0.668. The number of halogens is 2. The Morgan fingerprint density at radius 2 is 2.05 bits per heavy atom. The van der Waals surface area contributed by atoms with Gasteiger partial charge in [0.25, 0.3) is 5.69 Å². The van der Waals surface area contributed by atoms with Gasteiger partial charge in [0.05, 0.1) is 25.7 Å². The Labute approximate surface area is 123 Å². The van der Waals surface area contributed by atoms with E-state index in [0.29, 0.717) is 12.2 Å². The predicted molar refractivity (Wildman–Crippen MR) is 77.4 cm³/mol. The maximum Gasteiger partial charge on any atom is 0.272 e. The summed E-state index contributed by atoms with van der Waals surface area (Å²) >= 11 is 13.5. The minimum Gasteiger partial charge on any atom is -0.382 e. The fourth-order valence-corrected chi connectivity index (χ4v) is 2.73. The minimum absolute atomic E-state index is 0.125. The maximum atomic E-state index is 10.6. The van der Waals surface area contributed by atoms with E-state index >= 15 is 0 Å². The van der Waals surface area contributed by atoms with Gasteiger partial charge >= 0.3 is 0 Å². The van der Waals surface area contributed by atoms with Gasteiger partial charge in [-0.3, -0.25) is 10.1 Å². The topological polar surface area (TPSA) is 68.1 Å². The second-order valence-electron chi connectivity index (χ2n) is 3.64. The summed E-state index contributed by atoms with van der Waals surface area (Å²) in [5.74, 6) is 0. The van der Waals surface area contributed by atoms with Crippen LogP contribution in [0.1, 0.15) is 5.01 Å². The van der Waals surface area contributed by atoms with Crippen LogP contribution in [0.3, 0.4) is 0 Å². The van der Waals surface area contributed by atoms with Crippen molar-refractivity contribution in [3.63, 3.8) is 0 Å². The highest BCUT2D eigenvalue weighted by atomic mass is 35.5. The highest BCUT2D eigenvalue weighted by molar-refractivity contribution is 7.09. The lowest BCUT2D eigenvalue weighted by molar-refractivity contribution is -0.384. The van der Waals surface area contributed by atoms with Crippen LogP contribution >= 0.6 is 34.5 Å². The van der Waals surface area contributed by atoms with E-state index in [2.05, 4.69) is 10.3 Å². The Morgan fingerprint density at radius 3 is 2.58 bits per heavy atom. The molecule has 100 valence electrons. The van der Waals surface area contributed by atoms with Crippen molar-refractivity contribution in [2.24, 2.45) is 0 Å². The van der Waals surface area contributed by atoms with Crippen molar-refractivity contribution in [3.8, 4) is 0 Å². The lowest BCUT2D eigenvalue weighted by atomic mass is 10.2. The predicted octanol–water partition coefficient (Wildman–Crippen LogP) is 4.01. The van der Waals surface area contributed by atoms with Crippen LogP contribution in [0.5, 0.6) is 0 Å². The van der Waals surface area contributed by atoms with Crippen molar-refractivity contribution in [1.29, 1.82) is 0 Å². The van der Waals surface area contributed by atoms with Gasteiger partial charge in [0.1, 0.15) is 0 Å². The monoisotopic (exact) mass is 317 g/mol. The minimum atomic E-state index is -0.531. The summed E-state index contributed by atoms with van der Waals surface area (Å²) in [5.41, 5.74) is 0.381. The van der Waals surface area contributed by atoms with Crippen molar-refractivity contribution in [2.75, 3.05) is 11.9 Å². The molecule has 1 aromatic carbocycles. The van der Waals surface area contributed by atoms with Gasteiger partial charge in [-0.1, -0.05) is 23.2 Å². The van der Waals surface area contributed by atoms with Crippen molar-refractivity contribution in [3.05, 3.63) is 48.9 Å². The summed E-state index contributed by atoms with van der Waals surface area (Å²) < 4.78 is 0. The molecule has 0 bridgehead atoms. The first-order valence-electron chi connectivity index (χ1n) is 5.33. The van der Waals surface area contributed by atoms with Crippen LogP contribution in [-0.2, 0) is 6.42 Å². The molecule has 8 heteroatoms. The lowest BCUT2D eigenvalue weighted by Crippen LogP contribution is -2.06. The molecule has 2 aromatic rings. The molecule has 0 unspecified atom stereocenters. The lowest BCUT2D eigenvalue weighted by Gasteiger charge is -2.09. The summed E-state index contributed by atoms with van der Waals surface area (Å²) in [5, 5.41) is 17.1. The molecule has 0 saturated carbocycles. The average Bonchev–Trinajstić information content (AvgIpc) is 2.85. The largest absolute Gasteiger partial charge is 0.382 e. The summed E-state index contributed by atoms with van der Waals surface area (Å²) in [4.78, 5) is 14.3. The third-order valence-corrected chi connectivity index (χ3v) is 3.80. The number of nitrogens with zero attached hydrogens (tertiary/aromatic N) is 2. The molecule has 0 aliphatic carbocycles. The van der Waals surface area contributed by atoms with E-state index in [-0.39, 0.29) is 15.7 Å². The fraction of sp³-hybridized carbons (Fsp3) is 0.182. The van der Waals surface area contributed by atoms with Crippen LogP contribution in [0.25, 0.3) is 0 Å². The summed E-state index contributed by atoms with van der Waals surface area (Å²) in [6, 6.07) is 2.55. The average molecular weight is 318 g/mol. The normalized spacial score (nSPS) is 10.4. The third-order valence-electron chi connectivity index (χ3n) is 2.36. The van der Waals surface area contributed by atoms with Crippen molar-refractivity contribution in [1.82, 2.24) is 4.98 Å². The zero-order chi connectivity index (χ0) is 13.8. The van der Waals surface area contributed by atoms with E-state index in [9.17, 15) is 10.1 Å². The molecule has 0 saturated heterocycles. The summed E-state index contributed by atoms with van der Waals surface area (Å²) in [6.45, 7) is 0.602. The number of benzene rings is 1. The Kier molecular flexibility index (Phi) is 4.57. The van der Waals surface area contributed by atoms with Gasteiger partial charge in [-0.05, 0) is 0 Å². The van der Waals surface area contributed by atoms with Crippen LogP contribution in [-0.4, -0.2) is 16.5 Å². The summed E-state index contributed by atoms with van der Waals surface area (Å²) in [7, 11) is 0. The smallest absolute Gasteiger partial charge is 0.272 e. The Balaban J connectivity index is 2.06. The van der Waals surface area contributed by atoms with Gasteiger partial charge in [0, 0.05) is 36.7 Å². The van der Waals surface area contributed by atoms with E-state index in [1.807, 2.05) is 5.38 Å². The van der Waals surface area contributed by atoms with Gasteiger partial charge in [-0.25, -0.2) is 4.98 Å². The first-order valence-corrected chi connectivity index (χ1v) is 6.97. The molecule has 0 aliphatic rings. The number of nitro groups is 1. The number of aromatic nitrogens is 1. The molecule has 5 nitrogen and oxygen atoms in total. The maximum absolute atomic E-state index is 10.6. The van der Waals surface area contributed by atoms with Crippen LogP contribution in [0.15, 0.2) is 23.7 Å². The first kappa shape index (κ1) is 14.0. The Hall–Kier alpha value is -1.37. The first-order chi connectivity index (χ1) is 9.08. The number of nitrogens with one attached hydrogen (secondary N) is 1. The van der Waals surface area contributed by atoms with E-state index in [1.165, 1.54) is 12.1 Å². The molecule has 19 heavy (non-hydrogen) atoms. The molecule has 0 atom stereocenters. The zero-order valence-electron chi connectivity index (χ0n) is 9.60. The Morgan fingerprint density at radius 1 is 1.37 bits per heavy atom. The number of hydrogen-bond acceptors (Lipinski definition) is 5. The molecule has 1 heterocycles. The van der Waals surface area contributed by atoms with Crippen molar-refractivity contribution >= 4 is 45.9 Å². The van der Waals surface area contributed by atoms with Crippen molar-refractivity contribution < 1.29 is 4.92 Å². The Bertz CT molecular complexity index is 567. The van der Waals surface area contributed by atoms with Gasteiger partial charge in [0.2, 0.25) is 0 Å². The second-order valence-corrected chi connectivity index (χ2v) is 5.44. The molecule has 1 N–H and O–H groups in total. The molecule has 0 spiro atoms. The van der Waals surface area contributed by atoms with Crippen LogP contribution in [0.4, 0.5) is 11.4 Å². The summed E-state index contributed by atoms with van der Waals surface area (Å²) in [6.07, 6.45) is 2.48. The highest BCUT2D eigenvalue weighted by Crippen LogP contribution is 2.34. The molecular weight excluding hydrogens is 309 g/mol. The number of rotatable bonds is 5. The number of hydrogen-bond donors (Lipinski definition) is 1. The van der Waals surface area contributed by atoms with Crippen LogP contribution < -0.4 is 5.32 Å². The molecule has 0 radical (unpaired) electrons. The number of anilines is 1. The third kappa shape index (κ3) is 3.56. The van der Waals surface area contributed by atoms with Crippen LogP contribution in [0, 0.1) is 10.1 Å². The molecule has 2 rings (SSSR count). The molecule has 0 amide bonds. The molecule has 0 fully saturated rings. The van der Waals surface area contributed by atoms with Gasteiger partial charge < -0.3 is 5.32 Å². The van der Waals surface area contributed by atoms with Gasteiger partial charge in [0.15, 0.2) is 0 Å². The van der Waals surface area contributed by atoms with Crippen molar-refractivity contribution in [2.45, 2.75) is 6.42 Å². The molecule has 1 aromatic heterocycles. The molecule has 0 aliphatic heterocycles. The van der Waals surface area contributed by atoms with E-state index < -0.39 is 4.92 Å². The fourth-order valence-electron chi connectivity index (χ4n) is 1.50.